The van der Waals surface area contributed by atoms with Crippen molar-refractivity contribution in [2.24, 2.45) is 0 Å². The van der Waals surface area contributed by atoms with Gasteiger partial charge in [-0.05, 0) is 63.2 Å². The van der Waals surface area contributed by atoms with E-state index >= 15 is 0 Å². The molecule has 4 aromatic rings. The van der Waals surface area contributed by atoms with Gasteiger partial charge in [0.2, 0.25) is 5.89 Å². The van der Waals surface area contributed by atoms with Gasteiger partial charge in [-0.25, -0.2) is 14.5 Å². The molecule has 0 aliphatic rings. The van der Waals surface area contributed by atoms with Crippen LogP contribution in [0.15, 0.2) is 65.1 Å². The highest BCUT2D eigenvalue weighted by Crippen LogP contribution is 2.22. The summed E-state index contributed by atoms with van der Waals surface area (Å²) in [6.07, 6.45) is 0. The van der Waals surface area contributed by atoms with Crippen LogP contribution in [0.1, 0.15) is 33.2 Å². The first-order valence-corrected chi connectivity index (χ1v) is 9.34. The summed E-state index contributed by atoms with van der Waals surface area (Å²) in [6, 6.07) is 18.8. The molecule has 6 heteroatoms. The Labute approximate surface area is 168 Å². The number of carbonyl (C=O) groups is 1. The maximum Gasteiger partial charge on any atom is 0.338 e. The van der Waals surface area contributed by atoms with Crippen molar-refractivity contribution < 1.29 is 13.9 Å². The summed E-state index contributed by atoms with van der Waals surface area (Å²) in [6.45, 7) is 5.81. The van der Waals surface area contributed by atoms with Crippen LogP contribution >= 0.6 is 0 Å². The number of ether oxygens (including phenoxy) is 1. The molecule has 0 aliphatic carbocycles. The van der Waals surface area contributed by atoms with Crippen LogP contribution in [0.25, 0.3) is 17.1 Å². The first kappa shape index (κ1) is 18.7. The molecular formula is C23H21N3O3. The minimum atomic E-state index is -0.409. The number of aromatic nitrogens is 3. The second kappa shape index (κ2) is 7.75. The van der Waals surface area contributed by atoms with Crippen molar-refractivity contribution in [3.63, 3.8) is 0 Å². The fourth-order valence-corrected chi connectivity index (χ4v) is 3.11. The maximum absolute atomic E-state index is 12.4. The summed E-state index contributed by atoms with van der Waals surface area (Å²) in [4.78, 5) is 16.9. The molecule has 6 nitrogen and oxygen atoms in total. The number of carbonyl (C=O) groups excluding carboxylic acids is 1. The average molecular weight is 387 g/mol. The van der Waals surface area contributed by atoms with E-state index in [2.05, 4.69) is 10.1 Å². The number of aryl methyl sites for hydroxylation is 3. The number of nitrogens with zero attached hydrogens (tertiary/aromatic N) is 3. The molecule has 0 saturated heterocycles. The van der Waals surface area contributed by atoms with Crippen LogP contribution in [0, 0.1) is 20.8 Å². The van der Waals surface area contributed by atoms with Crippen LogP contribution < -0.4 is 0 Å². The minimum absolute atomic E-state index is 0.0558. The molecule has 2 aromatic carbocycles. The Kier molecular flexibility index (Phi) is 4.99. The van der Waals surface area contributed by atoms with Crippen molar-refractivity contribution in [3.8, 4) is 17.1 Å². The van der Waals surface area contributed by atoms with Gasteiger partial charge in [-0.2, -0.15) is 5.10 Å². The molecule has 146 valence electrons. The molecule has 29 heavy (non-hydrogen) atoms. The fourth-order valence-electron chi connectivity index (χ4n) is 3.11. The topological polar surface area (TPSA) is 70.2 Å². The molecule has 0 spiro atoms. The van der Waals surface area contributed by atoms with Crippen LogP contribution in [-0.2, 0) is 11.3 Å². The molecule has 0 N–H and O–H groups in total. The number of esters is 1. The largest absolute Gasteiger partial charge is 0.455 e. The quantitative estimate of drug-likeness (QED) is 0.460. The van der Waals surface area contributed by atoms with Crippen LogP contribution in [0.5, 0.6) is 0 Å². The van der Waals surface area contributed by atoms with Gasteiger partial charge in [-0.3, -0.25) is 0 Å². The lowest BCUT2D eigenvalue weighted by Gasteiger charge is -2.06. The molecule has 0 unspecified atom stereocenters. The van der Waals surface area contributed by atoms with Gasteiger partial charge in [0.15, 0.2) is 0 Å². The lowest BCUT2D eigenvalue weighted by atomic mass is 10.2. The second-order valence-corrected chi connectivity index (χ2v) is 6.85. The maximum atomic E-state index is 12.4. The minimum Gasteiger partial charge on any atom is -0.455 e. The highest BCUT2D eigenvalue weighted by atomic mass is 16.5. The first-order valence-electron chi connectivity index (χ1n) is 9.34. The van der Waals surface area contributed by atoms with Gasteiger partial charge in [-0.1, -0.05) is 18.2 Å². The van der Waals surface area contributed by atoms with E-state index in [4.69, 9.17) is 9.15 Å². The summed E-state index contributed by atoms with van der Waals surface area (Å²) in [5, 5.41) is 4.45. The second-order valence-electron chi connectivity index (χ2n) is 6.85. The summed E-state index contributed by atoms with van der Waals surface area (Å²) in [5.74, 6) is 0.744. The van der Waals surface area contributed by atoms with Crippen molar-refractivity contribution in [2.75, 3.05) is 0 Å². The van der Waals surface area contributed by atoms with Crippen LogP contribution in [-0.4, -0.2) is 20.7 Å². The van der Waals surface area contributed by atoms with E-state index in [0.29, 0.717) is 22.9 Å². The summed E-state index contributed by atoms with van der Waals surface area (Å²) >= 11 is 0. The van der Waals surface area contributed by atoms with Gasteiger partial charge in [0.05, 0.1) is 16.9 Å². The third-order valence-corrected chi connectivity index (χ3v) is 4.61. The summed E-state index contributed by atoms with van der Waals surface area (Å²) < 4.78 is 13.0. The van der Waals surface area contributed by atoms with Crippen molar-refractivity contribution in [1.82, 2.24) is 14.8 Å². The van der Waals surface area contributed by atoms with Crippen molar-refractivity contribution in [3.05, 3.63) is 89.1 Å². The molecule has 4 rings (SSSR count). The predicted octanol–water partition coefficient (Wildman–Crippen LogP) is 4.81. The van der Waals surface area contributed by atoms with E-state index in [9.17, 15) is 4.79 Å². The lowest BCUT2D eigenvalue weighted by Crippen LogP contribution is -2.07. The average Bonchev–Trinajstić information content (AvgIpc) is 3.28. The lowest BCUT2D eigenvalue weighted by molar-refractivity contribution is 0.0467. The Morgan fingerprint density at radius 3 is 2.41 bits per heavy atom. The third kappa shape index (κ3) is 3.96. The van der Waals surface area contributed by atoms with Crippen molar-refractivity contribution in [1.29, 1.82) is 0 Å². The van der Waals surface area contributed by atoms with E-state index in [0.717, 1.165) is 22.6 Å². The van der Waals surface area contributed by atoms with Gasteiger partial charge in [0.1, 0.15) is 18.1 Å². The normalized spacial score (nSPS) is 10.9. The van der Waals surface area contributed by atoms with Gasteiger partial charge < -0.3 is 9.15 Å². The summed E-state index contributed by atoms with van der Waals surface area (Å²) in [5.41, 5.74) is 4.84. The molecule has 0 amide bonds. The molecule has 0 atom stereocenters. The van der Waals surface area contributed by atoms with Crippen molar-refractivity contribution >= 4 is 5.97 Å². The zero-order valence-corrected chi connectivity index (χ0v) is 16.5. The molecule has 0 saturated carbocycles. The number of hydrogen-bond donors (Lipinski definition) is 0. The Morgan fingerprint density at radius 1 is 1.03 bits per heavy atom. The number of rotatable bonds is 5. The van der Waals surface area contributed by atoms with Crippen LogP contribution in [0.3, 0.4) is 0 Å². The van der Waals surface area contributed by atoms with Crippen LogP contribution in [0.2, 0.25) is 0 Å². The standard InChI is InChI=1S/C23H21N3O3/c1-15-13-16(2)26(25-15)20-11-9-19(10-12-20)23(27)28-14-21-17(3)29-22(24-21)18-7-5-4-6-8-18/h4-13H,14H2,1-3H3. The molecule has 0 bridgehead atoms. The van der Waals surface area contributed by atoms with E-state index in [1.807, 2.05) is 74.0 Å². The number of oxazole rings is 1. The molecular weight excluding hydrogens is 366 g/mol. The summed E-state index contributed by atoms with van der Waals surface area (Å²) in [7, 11) is 0. The zero-order valence-electron chi connectivity index (χ0n) is 16.5. The van der Waals surface area contributed by atoms with Gasteiger partial charge in [0, 0.05) is 11.3 Å². The molecule has 0 fully saturated rings. The Hall–Kier alpha value is -3.67. The zero-order chi connectivity index (χ0) is 20.4. The molecule has 2 heterocycles. The van der Waals surface area contributed by atoms with E-state index in [-0.39, 0.29) is 6.61 Å². The Balaban J connectivity index is 1.44. The van der Waals surface area contributed by atoms with E-state index < -0.39 is 5.97 Å². The van der Waals surface area contributed by atoms with Crippen molar-refractivity contribution in [2.45, 2.75) is 27.4 Å². The van der Waals surface area contributed by atoms with Gasteiger partial charge >= 0.3 is 5.97 Å². The fraction of sp³-hybridized carbons (Fsp3) is 0.174. The van der Waals surface area contributed by atoms with Gasteiger partial charge in [0.25, 0.3) is 0 Å². The molecule has 0 radical (unpaired) electrons. The SMILES string of the molecule is Cc1cc(C)n(-c2ccc(C(=O)OCc3nc(-c4ccccc4)oc3C)cc2)n1. The highest BCUT2D eigenvalue weighted by Gasteiger charge is 2.14. The Morgan fingerprint density at radius 2 is 1.76 bits per heavy atom. The number of benzene rings is 2. The van der Waals surface area contributed by atoms with E-state index in [1.54, 1.807) is 12.1 Å². The monoisotopic (exact) mass is 387 g/mol. The first-order chi connectivity index (χ1) is 14.0. The Bertz CT molecular complexity index is 1140. The molecule has 0 aliphatic heterocycles. The third-order valence-electron chi connectivity index (χ3n) is 4.61. The van der Waals surface area contributed by atoms with Gasteiger partial charge in [-0.15, -0.1) is 0 Å². The molecule has 2 aromatic heterocycles. The number of hydrogen-bond acceptors (Lipinski definition) is 5. The predicted molar refractivity (Wildman–Crippen MR) is 109 cm³/mol. The van der Waals surface area contributed by atoms with Crippen LogP contribution in [0.4, 0.5) is 0 Å². The van der Waals surface area contributed by atoms with E-state index in [1.165, 1.54) is 0 Å². The highest BCUT2D eigenvalue weighted by molar-refractivity contribution is 5.89. The smallest absolute Gasteiger partial charge is 0.338 e.